The highest BCUT2D eigenvalue weighted by atomic mass is 16.5. The van der Waals surface area contributed by atoms with Crippen molar-refractivity contribution in [2.75, 3.05) is 18.5 Å². The van der Waals surface area contributed by atoms with Crippen molar-refractivity contribution in [2.24, 2.45) is 0 Å². The summed E-state index contributed by atoms with van der Waals surface area (Å²) in [5, 5.41) is 8.07. The molecule has 4 heterocycles. The van der Waals surface area contributed by atoms with E-state index in [0.717, 1.165) is 41.4 Å². The van der Waals surface area contributed by atoms with Crippen LogP contribution in [0, 0.1) is 6.92 Å². The van der Waals surface area contributed by atoms with Gasteiger partial charge in [-0.2, -0.15) is 5.10 Å². The molecule has 1 saturated heterocycles. The molecule has 1 saturated carbocycles. The highest BCUT2D eigenvalue weighted by molar-refractivity contribution is 5.57. The van der Waals surface area contributed by atoms with Crippen LogP contribution in [-0.4, -0.2) is 44.0 Å². The maximum absolute atomic E-state index is 12.6. The predicted molar refractivity (Wildman–Crippen MR) is 108 cm³/mol. The molecule has 1 N–H and O–H groups in total. The first kappa shape index (κ1) is 17.9. The second-order valence-electron chi connectivity index (χ2n) is 7.62. The van der Waals surface area contributed by atoms with Gasteiger partial charge in [-0.3, -0.25) is 9.78 Å². The fourth-order valence-corrected chi connectivity index (χ4v) is 3.64. The fourth-order valence-electron chi connectivity index (χ4n) is 3.64. The van der Waals surface area contributed by atoms with Crippen LogP contribution in [0.1, 0.15) is 36.3 Å². The van der Waals surface area contributed by atoms with E-state index in [9.17, 15) is 4.79 Å². The summed E-state index contributed by atoms with van der Waals surface area (Å²) >= 11 is 0. The third kappa shape index (κ3) is 3.75. The zero-order valence-corrected chi connectivity index (χ0v) is 16.2. The lowest BCUT2D eigenvalue weighted by Gasteiger charge is -2.21. The number of aryl methyl sites for hydroxylation is 1. The molecule has 0 spiro atoms. The SMILES string of the molecule is Cc1cc(NC2COCC2n2nc(-c3ccncc3)ccc2=O)nc(C2CC2)n1. The van der Waals surface area contributed by atoms with E-state index < -0.39 is 0 Å². The van der Waals surface area contributed by atoms with Crippen molar-refractivity contribution < 1.29 is 4.74 Å². The number of aromatic nitrogens is 5. The normalized spacial score (nSPS) is 21.3. The Balaban J connectivity index is 1.43. The van der Waals surface area contributed by atoms with Crippen LogP contribution in [0.4, 0.5) is 5.82 Å². The number of pyridine rings is 1. The van der Waals surface area contributed by atoms with Gasteiger partial charge in [0.15, 0.2) is 0 Å². The van der Waals surface area contributed by atoms with Crippen molar-refractivity contribution in [1.29, 1.82) is 0 Å². The van der Waals surface area contributed by atoms with Crippen LogP contribution in [0.25, 0.3) is 11.3 Å². The molecule has 0 aromatic carbocycles. The molecule has 1 aliphatic carbocycles. The lowest BCUT2D eigenvalue weighted by Crippen LogP contribution is -2.37. The van der Waals surface area contributed by atoms with Crippen molar-refractivity contribution in [2.45, 2.75) is 37.8 Å². The molecular formula is C21H22N6O2. The van der Waals surface area contributed by atoms with Gasteiger partial charge in [0.25, 0.3) is 5.56 Å². The number of nitrogens with one attached hydrogen (secondary N) is 1. The monoisotopic (exact) mass is 390 g/mol. The summed E-state index contributed by atoms with van der Waals surface area (Å²) in [7, 11) is 0. The van der Waals surface area contributed by atoms with Crippen molar-refractivity contribution in [1.82, 2.24) is 24.7 Å². The van der Waals surface area contributed by atoms with Gasteiger partial charge in [-0.1, -0.05) is 0 Å². The van der Waals surface area contributed by atoms with Crippen molar-refractivity contribution in [3.8, 4) is 11.3 Å². The van der Waals surface area contributed by atoms with Crippen LogP contribution in [-0.2, 0) is 4.74 Å². The molecule has 0 bridgehead atoms. The van der Waals surface area contributed by atoms with Gasteiger partial charge in [0, 0.05) is 41.7 Å². The molecule has 3 aromatic rings. The van der Waals surface area contributed by atoms with E-state index in [1.165, 1.54) is 4.68 Å². The first-order chi connectivity index (χ1) is 14.2. The van der Waals surface area contributed by atoms with Gasteiger partial charge in [-0.25, -0.2) is 14.6 Å². The molecule has 2 fully saturated rings. The Morgan fingerprint density at radius 1 is 1.10 bits per heavy atom. The zero-order chi connectivity index (χ0) is 19.8. The summed E-state index contributed by atoms with van der Waals surface area (Å²) in [6, 6.07) is 8.66. The highest BCUT2D eigenvalue weighted by Crippen LogP contribution is 2.38. The molecule has 2 unspecified atom stereocenters. The van der Waals surface area contributed by atoms with Crippen LogP contribution in [0.2, 0.25) is 0 Å². The number of rotatable bonds is 5. The van der Waals surface area contributed by atoms with Gasteiger partial charge >= 0.3 is 0 Å². The van der Waals surface area contributed by atoms with Crippen molar-refractivity contribution in [3.05, 3.63) is 64.6 Å². The van der Waals surface area contributed by atoms with Gasteiger partial charge in [0.2, 0.25) is 0 Å². The smallest absolute Gasteiger partial charge is 0.267 e. The molecule has 0 amide bonds. The van der Waals surface area contributed by atoms with E-state index in [0.29, 0.717) is 19.1 Å². The molecule has 29 heavy (non-hydrogen) atoms. The average Bonchev–Trinajstić information content (AvgIpc) is 3.49. The van der Waals surface area contributed by atoms with Gasteiger partial charge in [0.1, 0.15) is 17.7 Å². The molecule has 2 atom stereocenters. The maximum Gasteiger partial charge on any atom is 0.267 e. The van der Waals surface area contributed by atoms with Crippen LogP contribution in [0.5, 0.6) is 0 Å². The van der Waals surface area contributed by atoms with Gasteiger partial charge in [-0.15, -0.1) is 0 Å². The van der Waals surface area contributed by atoms with E-state index in [1.807, 2.05) is 25.1 Å². The van der Waals surface area contributed by atoms with Crippen LogP contribution >= 0.6 is 0 Å². The second kappa shape index (κ2) is 7.36. The summed E-state index contributed by atoms with van der Waals surface area (Å²) in [5.74, 6) is 2.16. The molecule has 8 nitrogen and oxygen atoms in total. The molecule has 1 aliphatic heterocycles. The third-order valence-corrected chi connectivity index (χ3v) is 5.31. The standard InChI is InChI=1S/C21H22N6O2/c1-13-10-19(25-21(23-13)15-2-3-15)24-17-11-29-12-18(17)27-20(28)5-4-16(26-27)14-6-8-22-9-7-14/h4-10,15,17-18H,2-3,11-12H2,1H3,(H,23,24,25). The number of ether oxygens (including phenoxy) is 1. The number of hydrogen-bond donors (Lipinski definition) is 1. The minimum atomic E-state index is -0.219. The summed E-state index contributed by atoms with van der Waals surface area (Å²) in [5.41, 5.74) is 2.43. The van der Waals surface area contributed by atoms with E-state index in [2.05, 4.69) is 25.4 Å². The van der Waals surface area contributed by atoms with Gasteiger partial charge < -0.3 is 10.1 Å². The fraction of sp³-hybridized carbons (Fsp3) is 0.381. The minimum absolute atomic E-state index is 0.103. The lowest BCUT2D eigenvalue weighted by atomic mass is 10.1. The first-order valence-corrected chi connectivity index (χ1v) is 9.87. The maximum atomic E-state index is 12.6. The Morgan fingerprint density at radius 3 is 2.72 bits per heavy atom. The third-order valence-electron chi connectivity index (χ3n) is 5.31. The second-order valence-corrected chi connectivity index (χ2v) is 7.62. The van der Waals surface area contributed by atoms with Crippen molar-refractivity contribution >= 4 is 5.82 Å². The number of nitrogens with zero attached hydrogens (tertiary/aromatic N) is 5. The quantitative estimate of drug-likeness (QED) is 0.714. The number of hydrogen-bond acceptors (Lipinski definition) is 7. The Morgan fingerprint density at radius 2 is 1.93 bits per heavy atom. The van der Waals surface area contributed by atoms with Crippen LogP contribution in [0.15, 0.2) is 47.5 Å². The van der Waals surface area contributed by atoms with E-state index in [1.54, 1.807) is 24.5 Å². The zero-order valence-electron chi connectivity index (χ0n) is 16.2. The average molecular weight is 390 g/mol. The summed E-state index contributed by atoms with van der Waals surface area (Å²) in [6.45, 7) is 2.88. The molecule has 5 rings (SSSR count). The molecule has 8 heteroatoms. The largest absolute Gasteiger partial charge is 0.377 e. The summed E-state index contributed by atoms with van der Waals surface area (Å²) in [6.07, 6.45) is 5.73. The van der Waals surface area contributed by atoms with Crippen molar-refractivity contribution in [3.63, 3.8) is 0 Å². The molecule has 3 aromatic heterocycles. The minimum Gasteiger partial charge on any atom is -0.377 e. The van der Waals surface area contributed by atoms with Gasteiger partial charge in [0.05, 0.1) is 24.9 Å². The first-order valence-electron chi connectivity index (χ1n) is 9.87. The van der Waals surface area contributed by atoms with E-state index in [4.69, 9.17) is 4.74 Å². The Hall–Kier alpha value is -3.13. The predicted octanol–water partition coefficient (Wildman–Crippen LogP) is 2.33. The van der Waals surface area contributed by atoms with E-state index >= 15 is 0 Å². The van der Waals surface area contributed by atoms with Crippen LogP contribution < -0.4 is 10.9 Å². The Bertz CT molecular complexity index is 1080. The molecule has 2 aliphatic rings. The highest BCUT2D eigenvalue weighted by Gasteiger charge is 2.33. The summed E-state index contributed by atoms with van der Waals surface area (Å²) in [4.78, 5) is 25.8. The molecule has 0 radical (unpaired) electrons. The van der Waals surface area contributed by atoms with Crippen LogP contribution in [0.3, 0.4) is 0 Å². The number of anilines is 1. The lowest BCUT2D eigenvalue weighted by molar-refractivity contribution is 0.183. The van der Waals surface area contributed by atoms with E-state index in [-0.39, 0.29) is 17.6 Å². The Labute approximate surface area is 168 Å². The molecular weight excluding hydrogens is 368 g/mol. The molecule has 148 valence electrons. The summed E-state index contributed by atoms with van der Waals surface area (Å²) < 4.78 is 7.23. The van der Waals surface area contributed by atoms with Gasteiger partial charge in [-0.05, 0) is 38.0 Å². The topological polar surface area (TPSA) is 94.8 Å². The Kier molecular flexibility index (Phi) is 4.55.